The van der Waals surface area contributed by atoms with Gasteiger partial charge in [0.05, 0.1) is 5.41 Å². The van der Waals surface area contributed by atoms with Crippen molar-refractivity contribution in [3.63, 3.8) is 0 Å². The maximum atomic E-state index is 2.51. The lowest BCUT2D eigenvalue weighted by molar-refractivity contribution is 0.793. The standard InChI is InChI=1S/C69H50N2S4/c1-43-13-37-65(72-43)47-17-25-51(26-18-47)70(52-27-19-48(20-28-52)66-38-14-44(2)73-66)55-33-35-59-57-9-5-7-11-61(57)69(63(59)41-55)62-12-8-6-10-58(62)60-36-34-56(42-64(60)69)71(53-29-21-49(22-30-53)67-39-15-45(3)74-67)54-31-23-50(24-32-54)68-40-16-46(4)75-68/h5-42H,1-4H3. The molecule has 8 aromatic carbocycles. The number of rotatable bonds is 10. The Bertz CT molecular complexity index is 3670. The van der Waals surface area contributed by atoms with Crippen molar-refractivity contribution in [3.05, 3.63) is 272 Å². The molecule has 0 saturated carbocycles. The molecule has 2 nitrogen and oxygen atoms in total. The minimum atomic E-state index is -0.592. The second-order valence-corrected chi connectivity index (χ2v) is 25.0. The van der Waals surface area contributed by atoms with Crippen LogP contribution in [0.1, 0.15) is 41.8 Å². The van der Waals surface area contributed by atoms with Gasteiger partial charge in [-0.15, -0.1) is 45.3 Å². The topological polar surface area (TPSA) is 6.48 Å². The van der Waals surface area contributed by atoms with Crippen molar-refractivity contribution >= 4 is 79.5 Å². The van der Waals surface area contributed by atoms with E-state index in [1.54, 1.807) is 0 Å². The highest BCUT2D eigenvalue weighted by molar-refractivity contribution is 7.16. The Morgan fingerprint density at radius 1 is 0.253 bits per heavy atom. The zero-order valence-electron chi connectivity index (χ0n) is 42.0. The van der Waals surface area contributed by atoms with Crippen molar-refractivity contribution in [1.29, 1.82) is 0 Å². The Labute approximate surface area is 455 Å². The molecule has 12 aromatic rings. The third-order valence-electron chi connectivity index (χ3n) is 15.2. The molecule has 0 saturated heterocycles. The first-order valence-corrected chi connectivity index (χ1v) is 28.8. The second-order valence-electron chi connectivity index (χ2n) is 19.8. The van der Waals surface area contributed by atoms with Crippen LogP contribution in [0.25, 0.3) is 64.0 Å². The average molecular weight is 1040 g/mol. The molecule has 0 N–H and O–H groups in total. The second kappa shape index (κ2) is 18.2. The Kier molecular flexibility index (Phi) is 11.1. The fraction of sp³-hybridized carbons (Fsp3) is 0.0725. The maximum absolute atomic E-state index is 2.51. The summed E-state index contributed by atoms with van der Waals surface area (Å²) < 4.78 is 0. The number of hydrogen-bond donors (Lipinski definition) is 0. The molecule has 14 rings (SSSR count). The van der Waals surface area contributed by atoms with E-state index in [-0.39, 0.29) is 0 Å². The highest BCUT2D eigenvalue weighted by Gasteiger charge is 2.52. The van der Waals surface area contributed by atoms with E-state index in [1.807, 2.05) is 45.3 Å². The molecule has 1 spiro atoms. The molecule has 4 heterocycles. The summed E-state index contributed by atoms with van der Waals surface area (Å²) in [4.78, 5) is 15.3. The first-order valence-electron chi connectivity index (χ1n) is 25.5. The number of anilines is 6. The zero-order chi connectivity index (χ0) is 50.4. The van der Waals surface area contributed by atoms with Crippen molar-refractivity contribution in [2.45, 2.75) is 33.1 Å². The molecule has 0 bridgehead atoms. The highest BCUT2D eigenvalue weighted by atomic mass is 32.1. The van der Waals surface area contributed by atoms with Gasteiger partial charge in [0.2, 0.25) is 0 Å². The summed E-state index contributed by atoms with van der Waals surface area (Å²) in [6.07, 6.45) is 0. The van der Waals surface area contributed by atoms with Gasteiger partial charge in [-0.1, -0.05) is 109 Å². The van der Waals surface area contributed by atoms with E-state index in [2.05, 4.69) is 268 Å². The van der Waals surface area contributed by atoms with Crippen molar-refractivity contribution in [3.8, 4) is 64.0 Å². The van der Waals surface area contributed by atoms with E-state index >= 15 is 0 Å². The molecule has 75 heavy (non-hydrogen) atoms. The molecular formula is C69H50N2S4. The molecule has 2 aliphatic rings. The van der Waals surface area contributed by atoms with Crippen LogP contribution in [0.4, 0.5) is 34.1 Å². The van der Waals surface area contributed by atoms with Crippen LogP contribution in [-0.4, -0.2) is 0 Å². The summed E-state index contributed by atoms with van der Waals surface area (Å²) in [5.41, 5.74) is 21.3. The molecule has 0 aliphatic heterocycles. The van der Waals surface area contributed by atoms with Crippen LogP contribution < -0.4 is 9.80 Å². The Morgan fingerprint density at radius 3 is 0.800 bits per heavy atom. The van der Waals surface area contributed by atoms with Gasteiger partial charge < -0.3 is 9.80 Å². The molecule has 0 fully saturated rings. The van der Waals surface area contributed by atoms with Gasteiger partial charge in [0.25, 0.3) is 0 Å². The Balaban J connectivity index is 0.954. The van der Waals surface area contributed by atoms with E-state index in [4.69, 9.17) is 0 Å². The number of aryl methyl sites for hydroxylation is 4. The number of nitrogens with zero attached hydrogens (tertiary/aromatic N) is 2. The molecule has 0 atom stereocenters. The SMILES string of the molecule is Cc1ccc(-c2ccc(N(c3ccc(-c4ccc(C)s4)cc3)c3ccc4c(c3)C3(c5ccccc5-4)c4ccccc4-c4ccc(N(c5ccc(-c6ccc(C)s6)cc5)c5ccc(-c6ccc(C)s6)cc5)cc43)cc2)s1. The summed E-state index contributed by atoms with van der Waals surface area (Å²) in [5, 5.41) is 0. The average Bonchev–Trinajstić information content (AvgIpc) is 4.53. The van der Waals surface area contributed by atoms with Crippen molar-refractivity contribution in [2.24, 2.45) is 0 Å². The Morgan fingerprint density at radius 2 is 0.520 bits per heavy atom. The minimum Gasteiger partial charge on any atom is -0.310 e. The normalized spacial score (nSPS) is 12.6. The van der Waals surface area contributed by atoms with Crippen LogP contribution in [0, 0.1) is 27.7 Å². The van der Waals surface area contributed by atoms with Crippen LogP contribution >= 0.6 is 45.3 Å². The molecule has 0 radical (unpaired) electrons. The number of fused-ring (bicyclic) bond motifs is 10. The molecular weight excluding hydrogens is 985 g/mol. The van der Waals surface area contributed by atoms with Gasteiger partial charge in [0.15, 0.2) is 0 Å². The Hall–Kier alpha value is -7.84. The fourth-order valence-corrected chi connectivity index (χ4v) is 15.2. The van der Waals surface area contributed by atoms with Crippen LogP contribution in [0.3, 0.4) is 0 Å². The molecule has 0 unspecified atom stereocenters. The van der Waals surface area contributed by atoms with Gasteiger partial charge in [0, 0.05) is 73.1 Å². The minimum absolute atomic E-state index is 0.592. The maximum Gasteiger partial charge on any atom is 0.0727 e. The lowest BCUT2D eigenvalue weighted by atomic mass is 9.70. The summed E-state index contributed by atoms with van der Waals surface area (Å²) in [5.74, 6) is 0. The smallest absolute Gasteiger partial charge is 0.0727 e. The largest absolute Gasteiger partial charge is 0.310 e. The predicted molar refractivity (Wildman–Crippen MR) is 324 cm³/mol. The number of thiophene rings is 4. The van der Waals surface area contributed by atoms with Crippen LogP contribution in [-0.2, 0) is 5.41 Å². The van der Waals surface area contributed by atoms with Crippen molar-refractivity contribution < 1.29 is 0 Å². The molecule has 360 valence electrons. The van der Waals surface area contributed by atoms with E-state index in [0.29, 0.717) is 0 Å². The van der Waals surface area contributed by atoms with Gasteiger partial charge in [-0.3, -0.25) is 0 Å². The van der Waals surface area contributed by atoms with Gasteiger partial charge >= 0.3 is 0 Å². The van der Waals surface area contributed by atoms with E-state index in [1.165, 1.54) is 106 Å². The third-order valence-corrected chi connectivity index (χ3v) is 19.4. The summed E-state index contributed by atoms with van der Waals surface area (Å²) in [6, 6.07) is 87.2. The van der Waals surface area contributed by atoms with Crippen molar-refractivity contribution in [1.82, 2.24) is 0 Å². The monoisotopic (exact) mass is 1030 g/mol. The zero-order valence-corrected chi connectivity index (χ0v) is 45.2. The molecule has 6 heteroatoms. The van der Waals surface area contributed by atoms with Crippen molar-refractivity contribution in [2.75, 3.05) is 9.80 Å². The van der Waals surface area contributed by atoms with Gasteiger partial charge in [-0.05, 0) is 216 Å². The fourth-order valence-electron chi connectivity index (χ4n) is 11.7. The van der Waals surface area contributed by atoms with Crippen LogP contribution in [0.5, 0.6) is 0 Å². The first-order chi connectivity index (χ1) is 36.8. The quantitative estimate of drug-likeness (QED) is 0.135. The highest BCUT2D eigenvalue weighted by Crippen LogP contribution is 2.64. The van der Waals surface area contributed by atoms with Gasteiger partial charge in [-0.2, -0.15) is 0 Å². The lowest BCUT2D eigenvalue weighted by Crippen LogP contribution is -2.26. The molecule has 4 aromatic heterocycles. The van der Waals surface area contributed by atoms with Gasteiger partial charge in [0.1, 0.15) is 0 Å². The number of hydrogen-bond acceptors (Lipinski definition) is 6. The predicted octanol–water partition coefficient (Wildman–Crippen LogP) is 21.1. The molecule has 0 amide bonds. The lowest BCUT2D eigenvalue weighted by Gasteiger charge is -2.33. The van der Waals surface area contributed by atoms with E-state index in [9.17, 15) is 0 Å². The van der Waals surface area contributed by atoms with E-state index in [0.717, 1.165) is 34.1 Å². The third kappa shape index (κ3) is 7.69. The van der Waals surface area contributed by atoms with Crippen LogP contribution in [0.15, 0.2) is 231 Å². The van der Waals surface area contributed by atoms with E-state index < -0.39 is 5.41 Å². The molecule has 2 aliphatic carbocycles. The summed E-state index contributed by atoms with van der Waals surface area (Å²) in [7, 11) is 0. The number of benzene rings is 8. The van der Waals surface area contributed by atoms with Crippen LogP contribution in [0.2, 0.25) is 0 Å². The first kappa shape index (κ1) is 45.7. The summed E-state index contributed by atoms with van der Waals surface area (Å²) in [6.45, 7) is 8.72. The van der Waals surface area contributed by atoms with Gasteiger partial charge in [-0.25, -0.2) is 0 Å². The summed E-state index contributed by atoms with van der Waals surface area (Å²) >= 11 is 7.37.